The molecule has 3 nitrogen and oxygen atoms in total. The number of hydrogen-bond donors (Lipinski definition) is 1. The van der Waals surface area contributed by atoms with Crippen LogP contribution in [0.4, 0.5) is 0 Å². The van der Waals surface area contributed by atoms with Crippen molar-refractivity contribution in [3.05, 3.63) is 0 Å². The van der Waals surface area contributed by atoms with E-state index in [-0.39, 0.29) is 0 Å². The summed E-state index contributed by atoms with van der Waals surface area (Å²) < 4.78 is 0. The number of hydrazone groups is 1. The first-order valence-corrected chi connectivity index (χ1v) is 2.81. The molecule has 0 unspecified atom stereocenters. The number of hydrazine groups is 1. The summed E-state index contributed by atoms with van der Waals surface area (Å²) in [6.07, 6.45) is 2.50. The van der Waals surface area contributed by atoms with Gasteiger partial charge in [0.2, 0.25) is 0 Å². The summed E-state index contributed by atoms with van der Waals surface area (Å²) in [7, 11) is 1.85. The molecular formula is C5H11N3. The molecule has 0 aliphatic heterocycles. The molecule has 1 aliphatic carbocycles. The van der Waals surface area contributed by atoms with Gasteiger partial charge in [-0.15, -0.1) is 0 Å². The molecule has 1 saturated carbocycles. The molecule has 0 atom stereocenters. The second kappa shape index (κ2) is 2.13. The lowest BCUT2D eigenvalue weighted by atomic mass is 10.7. The Hall–Kier alpha value is -0.570. The van der Waals surface area contributed by atoms with E-state index in [0.717, 1.165) is 0 Å². The molecule has 0 aromatic rings. The third-order valence-corrected chi connectivity index (χ3v) is 1.27. The molecular weight excluding hydrogens is 102 g/mol. The molecule has 46 valence electrons. The Labute approximate surface area is 49.3 Å². The molecule has 1 N–H and O–H groups in total. The van der Waals surface area contributed by atoms with Crippen molar-refractivity contribution in [2.75, 3.05) is 7.05 Å². The first-order chi connectivity index (χ1) is 3.88. The van der Waals surface area contributed by atoms with Crippen molar-refractivity contribution in [3.8, 4) is 0 Å². The molecule has 3 heteroatoms. The Morgan fingerprint density at radius 1 is 1.75 bits per heavy atom. The van der Waals surface area contributed by atoms with E-state index in [2.05, 4.69) is 17.2 Å². The summed E-state index contributed by atoms with van der Waals surface area (Å²) in [6, 6.07) is 0.623. The number of hydrogen-bond acceptors (Lipinski definition) is 3. The van der Waals surface area contributed by atoms with E-state index in [1.165, 1.54) is 12.8 Å². The van der Waals surface area contributed by atoms with Crippen molar-refractivity contribution in [3.63, 3.8) is 0 Å². The van der Waals surface area contributed by atoms with Crippen LogP contribution in [-0.2, 0) is 0 Å². The second-order valence-corrected chi connectivity index (χ2v) is 1.94. The van der Waals surface area contributed by atoms with Crippen LogP contribution in [0, 0.1) is 0 Å². The summed E-state index contributed by atoms with van der Waals surface area (Å²) in [4.78, 5) is 0. The van der Waals surface area contributed by atoms with E-state index in [4.69, 9.17) is 0 Å². The summed E-state index contributed by atoms with van der Waals surface area (Å²) in [5.74, 6) is 0. The van der Waals surface area contributed by atoms with E-state index in [0.29, 0.717) is 6.04 Å². The highest BCUT2D eigenvalue weighted by atomic mass is 15.7. The minimum Gasteiger partial charge on any atom is -0.228 e. The standard InChI is InChI=1S/C5H11N3/c1-6-8(7-2)5-3-4-5/h5,7H,1,3-4H2,2H3. The highest BCUT2D eigenvalue weighted by Crippen LogP contribution is 2.24. The minimum absolute atomic E-state index is 0.623. The third-order valence-electron chi connectivity index (χ3n) is 1.27. The lowest BCUT2D eigenvalue weighted by Crippen LogP contribution is -2.31. The molecule has 0 saturated heterocycles. The fourth-order valence-corrected chi connectivity index (χ4v) is 0.688. The van der Waals surface area contributed by atoms with Gasteiger partial charge in [0.25, 0.3) is 0 Å². The monoisotopic (exact) mass is 113 g/mol. The number of nitrogens with zero attached hydrogens (tertiary/aromatic N) is 2. The van der Waals surface area contributed by atoms with E-state index >= 15 is 0 Å². The van der Waals surface area contributed by atoms with Gasteiger partial charge in [0.05, 0.1) is 6.04 Å². The fourth-order valence-electron chi connectivity index (χ4n) is 0.688. The quantitative estimate of drug-likeness (QED) is 0.418. The smallest absolute Gasteiger partial charge is 0.0643 e. The van der Waals surface area contributed by atoms with E-state index in [1.807, 2.05) is 7.05 Å². The SMILES string of the molecule is C=NN(NC)C1CC1. The van der Waals surface area contributed by atoms with Gasteiger partial charge in [-0.2, -0.15) is 5.10 Å². The molecule has 0 aromatic heterocycles. The minimum atomic E-state index is 0.623. The van der Waals surface area contributed by atoms with Crippen LogP contribution in [0.3, 0.4) is 0 Å². The molecule has 1 fully saturated rings. The average molecular weight is 113 g/mol. The van der Waals surface area contributed by atoms with Gasteiger partial charge in [0.1, 0.15) is 0 Å². The molecule has 0 heterocycles. The lowest BCUT2D eigenvalue weighted by Gasteiger charge is -2.14. The maximum Gasteiger partial charge on any atom is 0.0643 e. The van der Waals surface area contributed by atoms with Gasteiger partial charge < -0.3 is 0 Å². The number of nitrogens with one attached hydrogen (secondary N) is 1. The van der Waals surface area contributed by atoms with Crippen LogP contribution in [-0.4, -0.2) is 24.9 Å². The zero-order valence-electron chi connectivity index (χ0n) is 5.09. The van der Waals surface area contributed by atoms with Crippen molar-refractivity contribution in [2.45, 2.75) is 18.9 Å². The van der Waals surface area contributed by atoms with E-state index in [1.54, 1.807) is 5.12 Å². The highest BCUT2D eigenvalue weighted by molar-refractivity contribution is 5.22. The normalized spacial score (nSPS) is 18.1. The van der Waals surface area contributed by atoms with Gasteiger partial charge in [-0.05, 0) is 12.8 Å². The number of rotatable bonds is 3. The second-order valence-electron chi connectivity index (χ2n) is 1.94. The predicted octanol–water partition coefficient (Wildman–Crippen LogP) is 0.201. The Morgan fingerprint density at radius 2 is 2.38 bits per heavy atom. The summed E-state index contributed by atoms with van der Waals surface area (Å²) in [5, 5.41) is 5.53. The van der Waals surface area contributed by atoms with Crippen molar-refractivity contribution in [1.82, 2.24) is 10.5 Å². The van der Waals surface area contributed by atoms with Crippen LogP contribution in [0.2, 0.25) is 0 Å². The molecule has 0 spiro atoms. The topological polar surface area (TPSA) is 27.6 Å². The van der Waals surface area contributed by atoms with Crippen molar-refractivity contribution < 1.29 is 0 Å². The Kier molecular flexibility index (Phi) is 1.48. The molecule has 8 heavy (non-hydrogen) atoms. The average Bonchev–Trinajstić information content (AvgIpc) is 2.53. The van der Waals surface area contributed by atoms with Gasteiger partial charge in [0, 0.05) is 13.8 Å². The maximum atomic E-state index is 3.74. The molecule has 0 aromatic carbocycles. The largest absolute Gasteiger partial charge is 0.228 e. The van der Waals surface area contributed by atoms with Crippen LogP contribution < -0.4 is 5.43 Å². The van der Waals surface area contributed by atoms with Gasteiger partial charge in [-0.3, -0.25) is 0 Å². The molecule has 1 rings (SSSR count). The Bertz CT molecular complexity index is 87.7. The van der Waals surface area contributed by atoms with Crippen LogP contribution in [0.5, 0.6) is 0 Å². The third kappa shape index (κ3) is 0.980. The predicted molar refractivity (Wildman–Crippen MR) is 33.5 cm³/mol. The summed E-state index contributed by atoms with van der Waals surface area (Å²) in [6.45, 7) is 3.41. The highest BCUT2D eigenvalue weighted by Gasteiger charge is 2.26. The molecule has 0 bridgehead atoms. The van der Waals surface area contributed by atoms with E-state index < -0.39 is 0 Å². The zero-order valence-corrected chi connectivity index (χ0v) is 5.09. The van der Waals surface area contributed by atoms with Gasteiger partial charge in [0.15, 0.2) is 0 Å². The zero-order chi connectivity index (χ0) is 5.98. The van der Waals surface area contributed by atoms with Crippen molar-refractivity contribution in [2.24, 2.45) is 5.10 Å². The van der Waals surface area contributed by atoms with Gasteiger partial charge in [-0.1, -0.05) is 0 Å². The molecule has 1 aliphatic rings. The van der Waals surface area contributed by atoms with Gasteiger partial charge >= 0.3 is 0 Å². The molecule has 0 amide bonds. The van der Waals surface area contributed by atoms with Gasteiger partial charge in [-0.25, -0.2) is 10.5 Å². The Balaban J connectivity index is 2.25. The Morgan fingerprint density at radius 3 is 2.50 bits per heavy atom. The molecule has 0 radical (unpaired) electrons. The van der Waals surface area contributed by atoms with Crippen LogP contribution in [0.25, 0.3) is 0 Å². The van der Waals surface area contributed by atoms with Crippen molar-refractivity contribution in [1.29, 1.82) is 0 Å². The van der Waals surface area contributed by atoms with Crippen LogP contribution >= 0.6 is 0 Å². The lowest BCUT2D eigenvalue weighted by molar-refractivity contribution is 0.209. The van der Waals surface area contributed by atoms with E-state index in [9.17, 15) is 0 Å². The first kappa shape index (κ1) is 5.56. The summed E-state index contributed by atoms with van der Waals surface area (Å²) >= 11 is 0. The summed E-state index contributed by atoms with van der Waals surface area (Å²) in [5.41, 5.74) is 2.92. The maximum absolute atomic E-state index is 3.74. The fraction of sp³-hybridized carbons (Fsp3) is 0.800. The van der Waals surface area contributed by atoms with Crippen LogP contribution in [0.1, 0.15) is 12.8 Å². The van der Waals surface area contributed by atoms with Crippen molar-refractivity contribution >= 4 is 6.72 Å². The first-order valence-electron chi connectivity index (χ1n) is 2.81. The van der Waals surface area contributed by atoms with Crippen LogP contribution in [0.15, 0.2) is 5.10 Å².